The second-order valence-corrected chi connectivity index (χ2v) is 5.77. The highest BCUT2D eigenvalue weighted by Gasteiger charge is 2.12. The molecular weight excluding hydrogens is 336 g/mol. The van der Waals surface area contributed by atoms with Crippen molar-refractivity contribution in [1.82, 2.24) is 20.4 Å². The molecule has 0 bridgehead atoms. The van der Waals surface area contributed by atoms with Gasteiger partial charge in [0.15, 0.2) is 11.5 Å². The molecule has 2 N–H and O–H groups in total. The monoisotopic (exact) mass is 360 g/mol. The molecule has 0 fully saturated rings. The molecule has 0 aliphatic carbocycles. The van der Waals surface area contributed by atoms with Crippen LogP contribution in [0, 0.1) is 6.92 Å². The van der Waals surface area contributed by atoms with Crippen LogP contribution in [0.3, 0.4) is 0 Å². The van der Waals surface area contributed by atoms with Crippen LogP contribution in [0.2, 0.25) is 0 Å². The number of methoxy groups -OCH3 is 2. The van der Waals surface area contributed by atoms with Crippen LogP contribution in [0.5, 0.6) is 11.5 Å². The average molecular weight is 360 g/mol. The van der Waals surface area contributed by atoms with Gasteiger partial charge in [0.1, 0.15) is 5.69 Å². The van der Waals surface area contributed by atoms with Crippen molar-refractivity contribution in [3.63, 3.8) is 0 Å². The van der Waals surface area contributed by atoms with Gasteiger partial charge in [-0.25, -0.2) is 0 Å². The quantitative estimate of drug-likeness (QED) is 0.727. The summed E-state index contributed by atoms with van der Waals surface area (Å²) in [5, 5.41) is 9.40. The summed E-state index contributed by atoms with van der Waals surface area (Å²) in [7, 11) is 4.92. The molecule has 2 amide bonds. The fraction of sp³-hybridized carbons (Fsp3) is 0.389. The summed E-state index contributed by atoms with van der Waals surface area (Å²) in [4.78, 5) is 23.8. The van der Waals surface area contributed by atoms with Gasteiger partial charge in [-0.3, -0.25) is 14.3 Å². The smallest absolute Gasteiger partial charge is 0.272 e. The van der Waals surface area contributed by atoms with E-state index in [-0.39, 0.29) is 18.4 Å². The van der Waals surface area contributed by atoms with Crippen molar-refractivity contribution in [2.24, 2.45) is 7.05 Å². The zero-order valence-corrected chi connectivity index (χ0v) is 15.5. The molecule has 2 rings (SSSR count). The summed E-state index contributed by atoms with van der Waals surface area (Å²) < 4.78 is 12.1. The zero-order valence-electron chi connectivity index (χ0n) is 15.5. The number of carbonyl (C=O) groups excluding carboxylic acids is 2. The number of hydrogen-bond acceptors (Lipinski definition) is 5. The summed E-state index contributed by atoms with van der Waals surface area (Å²) in [5.74, 6) is 0.678. The van der Waals surface area contributed by atoms with E-state index >= 15 is 0 Å². The lowest BCUT2D eigenvalue weighted by Gasteiger charge is -2.10. The molecule has 8 heteroatoms. The molecule has 0 radical (unpaired) electrons. The minimum atomic E-state index is -0.372. The molecule has 0 saturated carbocycles. The zero-order chi connectivity index (χ0) is 19.1. The highest BCUT2D eigenvalue weighted by molar-refractivity contribution is 5.94. The number of aromatic nitrogens is 2. The van der Waals surface area contributed by atoms with Gasteiger partial charge in [-0.2, -0.15) is 5.10 Å². The van der Waals surface area contributed by atoms with E-state index in [1.807, 2.05) is 25.1 Å². The number of rotatable bonds is 8. The molecule has 26 heavy (non-hydrogen) atoms. The Morgan fingerprint density at radius 2 is 1.85 bits per heavy atom. The first-order valence-electron chi connectivity index (χ1n) is 8.21. The van der Waals surface area contributed by atoms with E-state index in [9.17, 15) is 9.59 Å². The van der Waals surface area contributed by atoms with Gasteiger partial charge in [0.2, 0.25) is 5.91 Å². The molecular formula is C18H24N4O4. The lowest BCUT2D eigenvalue weighted by atomic mass is 10.1. The Morgan fingerprint density at radius 3 is 2.46 bits per heavy atom. The maximum Gasteiger partial charge on any atom is 0.272 e. The number of aryl methyl sites for hydroxylation is 2. The van der Waals surface area contributed by atoms with Crippen LogP contribution in [0.4, 0.5) is 0 Å². The summed E-state index contributed by atoms with van der Waals surface area (Å²) in [6.45, 7) is 2.21. The van der Waals surface area contributed by atoms with Crippen LogP contribution < -0.4 is 20.1 Å². The van der Waals surface area contributed by atoms with E-state index in [1.54, 1.807) is 32.0 Å². The van der Waals surface area contributed by atoms with Crippen LogP contribution in [-0.2, 0) is 18.3 Å². The van der Waals surface area contributed by atoms with E-state index < -0.39 is 0 Å². The molecule has 0 aliphatic heterocycles. The number of carbonyl (C=O) groups is 2. The predicted octanol–water partition coefficient (Wildman–Crippen LogP) is 0.834. The molecule has 0 unspecified atom stereocenters. The largest absolute Gasteiger partial charge is 0.493 e. The molecule has 0 spiro atoms. The maximum absolute atomic E-state index is 11.9. The lowest BCUT2D eigenvalue weighted by Crippen LogP contribution is -2.37. The molecule has 0 saturated heterocycles. The molecule has 8 nitrogen and oxygen atoms in total. The first-order chi connectivity index (χ1) is 12.4. The van der Waals surface area contributed by atoms with Gasteiger partial charge in [-0.1, -0.05) is 6.07 Å². The van der Waals surface area contributed by atoms with Crippen molar-refractivity contribution in [3.05, 3.63) is 41.2 Å². The van der Waals surface area contributed by atoms with E-state index in [0.717, 1.165) is 11.3 Å². The van der Waals surface area contributed by atoms with Crippen LogP contribution in [-0.4, -0.2) is 48.9 Å². The van der Waals surface area contributed by atoms with Crippen LogP contribution >= 0.6 is 0 Å². The van der Waals surface area contributed by atoms with Gasteiger partial charge in [0.25, 0.3) is 5.91 Å². The maximum atomic E-state index is 11.9. The summed E-state index contributed by atoms with van der Waals surface area (Å²) in [5.41, 5.74) is 2.17. The Labute approximate surface area is 152 Å². The number of ether oxygens (including phenoxy) is 2. The van der Waals surface area contributed by atoms with Gasteiger partial charge < -0.3 is 20.1 Å². The highest BCUT2D eigenvalue weighted by Crippen LogP contribution is 2.27. The fourth-order valence-electron chi connectivity index (χ4n) is 2.37. The number of nitrogens with zero attached hydrogens (tertiary/aromatic N) is 2. The molecule has 0 aliphatic rings. The first kappa shape index (κ1) is 19.3. The lowest BCUT2D eigenvalue weighted by molar-refractivity contribution is -0.120. The molecule has 1 heterocycles. The van der Waals surface area contributed by atoms with Crippen molar-refractivity contribution in [3.8, 4) is 11.5 Å². The van der Waals surface area contributed by atoms with Gasteiger partial charge in [-0.15, -0.1) is 0 Å². The second kappa shape index (κ2) is 8.89. The molecule has 1 aromatic carbocycles. The number of nitrogens with one attached hydrogen (secondary N) is 2. The molecule has 140 valence electrons. The summed E-state index contributed by atoms with van der Waals surface area (Å²) >= 11 is 0. The Hall–Kier alpha value is -3.03. The summed E-state index contributed by atoms with van der Waals surface area (Å²) in [6, 6.07) is 7.28. The Morgan fingerprint density at radius 1 is 1.12 bits per heavy atom. The van der Waals surface area contributed by atoms with Crippen molar-refractivity contribution >= 4 is 11.8 Å². The van der Waals surface area contributed by atoms with E-state index in [4.69, 9.17) is 9.47 Å². The SMILES string of the molecule is COc1ccc(CCNC(=O)CNC(=O)c2cc(C)n(C)n2)cc1OC. The Bertz CT molecular complexity index is 766. The normalized spacial score (nSPS) is 10.3. The third kappa shape index (κ3) is 4.98. The average Bonchev–Trinajstić information content (AvgIpc) is 2.98. The fourth-order valence-corrected chi connectivity index (χ4v) is 2.37. The van der Waals surface area contributed by atoms with Gasteiger partial charge in [0.05, 0.1) is 20.8 Å². The standard InChI is InChI=1S/C18H24N4O4/c1-12-9-14(21-22(12)2)18(24)20-11-17(23)19-8-7-13-5-6-15(25-3)16(10-13)26-4/h5-6,9-10H,7-8,11H2,1-4H3,(H,19,23)(H,20,24). The van der Waals surface area contributed by atoms with Crippen molar-refractivity contribution in [2.45, 2.75) is 13.3 Å². The van der Waals surface area contributed by atoms with Crippen molar-refractivity contribution < 1.29 is 19.1 Å². The topological polar surface area (TPSA) is 94.5 Å². The minimum absolute atomic E-state index is 0.0968. The Kier molecular flexibility index (Phi) is 6.60. The number of benzene rings is 1. The van der Waals surface area contributed by atoms with Crippen molar-refractivity contribution in [1.29, 1.82) is 0 Å². The second-order valence-electron chi connectivity index (χ2n) is 5.77. The third-order valence-electron chi connectivity index (χ3n) is 3.94. The molecule has 0 atom stereocenters. The third-order valence-corrected chi connectivity index (χ3v) is 3.94. The van der Waals surface area contributed by atoms with E-state index in [2.05, 4.69) is 15.7 Å². The Balaban J connectivity index is 1.76. The highest BCUT2D eigenvalue weighted by atomic mass is 16.5. The van der Waals surface area contributed by atoms with Crippen LogP contribution in [0.1, 0.15) is 21.7 Å². The van der Waals surface area contributed by atoms with Crippen molar-refractivity contribution in [2.75, 3.05) is 27.3 Å². The van der Waals surface area contributed by atoms with E-state index in [0.29, 0.717) is 30.2 Å². The predicted molar refractivity (Wildman–Crippen MR) is 96.5 cm³/mol. The number of amides is 2. The van der Waals surface area contributed by atoms with Gasteiger partial charge >= 0.3 is 0 Å². The van der Waals surface area contributed by atoms with Gasteiger partial charge in [-0.05, 0) is 37.1 Å². The minimum Gasteiger partial charge on any atom is -0.493 e. The molecule has 1 aromatic heterocycles. The van der Waals surface area contributed by atoms with E-state index in [1.165, 1.54) is 0 Å². The first-order valence-corrected chi connectivity index (χ1v) is 8.21. The van der Waals surface area contributed by atoms with Crippen LogP contribution in [0.15, 0.2) is 24.3 Å². The van der Waals surface area contributed by atoms with Gasteiger partial charge in [0, 0.05) is 19.3 Å². The molecule has 2 aromatic rings. The van der Waals surface area contributed by atoms with Crippen LogP contribution in [0.25, 0.3) is 0 Å². The summed E-state index contributed by atoms with van der Waals surface area (Å²) in [6.07, 6.45) is 0.638. The number of hydrogen-bond donors (Lipinski definition) is 2.